The zero-order valence-electron chi connectivity index (χ0n) is 27.0. The molecule has 3 aromatic rings. The highest BCUT2D eigenvalue weighted by atomic mass is 19.3. The summed E-state index contributed by atoms with van der Waals surface area (Å²) in [5.41, 5.74) is -2.72. The maximum Gasteiger partial charge on any atom is 0.407 e. The summed E-state index contributed by atoms with van der Waals surface area (Å²) >= 11 is 0. The number of hydrogen-bond acceptors (Lipinski definition) is 8. The van der Waals surface area contributed by atoms with Gasteiger partial charge in [0.1, 0.15) is 28.9 Å². The Hall–Kier alpha value is -5.28. The number of ether oxygens (including phenoxy) is 2. The van der Waals surface area contributed by atoms with Gasteiger partial charge in [0.05, 0.1) is 13.1 Å². The largest absolute Gasteiger partial charge is 0.444 e. The molecule has 0 aliphatic heterocycles. The molecule has 1 heterocycles. The van der Waals surface area contributed by atoms with E-state index >= 15 is 0 Å². The number of halogens is 4. The molecule has 16 heteroatoms. The molecule has 0 saturated heterocycles. The quantitative estimate of drug-likeness (QED) is 0.184. The van der Waals surface area contributed by atoms with Gasteiger partial charge in [0.25, 0.3) is 23.7 Å². The van der Waals surface area contributed by atoms with E-state index in [0.717, 1.165) is 36.7 Å². The molecule has 0 radical (unpaired) electrons. The molecule has 0 fully saturated rings. The number of hydrogen-bond donors (Lipinski definition) is 4. The van der Waals surface area contributed by atoms with E-state index in [2.05, 4.69) is 20.6 Å². The number of carbonyl (C=O) groups excluding carboxylic acids is 4. The van der Waals surface area contributed by atoms with E-state index in [4.69, 9.17) is 9.47 Å². The fourth-order valence-electron chi connectivity index (χ4n) is 3.79. The number of amides is 4. The molecule has 0 aliphatic carbocycles. The summed E-state index contributed by atoms with van der Waals surface area (Å²) in [5, 5.41) is 9.00. The number of carbonyl (C=O) groups is 4. The van der Waals surface area contributed by atoms with Crippen molar-refractivity contribution in [3.63, 3.8) is 0 Å². The first-order valence-corrected chi connectivity index (χ1v) is 14.5. The third-order valence-electron chi connectivity index (χ3n) is 5.97. The molecular weight excluding hydrogens is 640 g/mol. The van der Waals surface area contributed by atoms with Crippen molar-refractivity contribution < 1.29 is 46.2 Å². The van der Waals surface area contributed by atoms with Crippen LogP contribution in [0.5, 0.6) is 0 Å². The maximum absolute atomic E-state index is 14.6. The second-order valence-corrected chi connectivity index (χ2v) is 12.5. The maximum atomic E-state index is 14.6. The van der Waals surface area contributed by atoms with Gasteiger partial charge in [0, 0.05) is 28.6 Å². The molecule has 4 N–H and O–H groups in total. The van der Waals surface area contributed by atoms with Crippen molar-refractivity contribution in [2.75, 3.05) is 23.7 Å². The lowest BCUT2D eigenvalue weighted by Crippen LogP contribution is -2.38. The highest BCUT2D eigenvalue weighted by molar-refractivity contribution is 6.06. The van der Waals surface area contributed by atoms with Crippen LogP contribution in [-0.2, 0) is 21.3 Å². The Bertz CT molecular complexity index is 1500. The van der Waals surface area contributed by atoms with Crippen LogP contribution in [-0.4, -0.2) is 58.3 Å². The molecule has 1 aromatic heterocycles. The smallest absolute Gasteiger partial charge is 0.407 e. The Morgan fingerprint density at radius 3 is 1.25 bits per heavy atom. The standard InChI is InChI=1S/C32H36F4N6O6/c1-29(2,3)47-27(45)37-16-31(33,34)19-7-11-21(12-8-19)41-25(43)23-15-24(40-18-39-23)26(44)42-22-13-9-20(10-14-22)32(35,36)17-38-28(46)48-30(4,5)6/h7-15,18H,16-17H2,1-6H3,(H,37,45)(H,38,46)(H,41,43)(H,42,44). The van der Waals surface area contributed by atoms with E-state index < -0.39 is 71.3 Å². The van der Waals surface area contributed by atoms with Gasteiger partial charge in [-0.1, -0.05) is 24.3 Å². The van der Waals surface area contributed by atoms with Crippen LogP contribution >= 0.6 is 0 Å². The van der Waals surface area contributed by atoms with Crippen molar-refractivity contribution in [3.8, 4) is 0 Å². The number of alkyl carbamates (subject to hydrolysis) is 2. The van der Waals surface area contributed by atoms with Gasteiger partial charge in [0.2, 0.25) is 0 Å². The predicted molar refractivity (Wildman–Crippen MR) is 167 cm³/mol. The lowest BCUT2D eigenvalue weighted by Gasteiger charge is -2.22. The Labute approximate surface area is 274 Å². The number of nitrogens with one attached hydrogen (secondary N) is 4. The number of nitrogens with zero attached hydrogens (tertiary/aromatic N) is 2. The molecule has 0 unspecified atom stereocenters. The lowest BCUT2D eigenvalue weighted by atomic mass is 10.1. The molecule has 0 spiro atoms. The fraction of sp³-hybridized carbons (Fsp3) is 0.375. The normalized spacial score (nSPS) is 12.0. The predicted octanol–water partition coefficient (Wildman–Crippen LogP) is 6.21. The second kappa shape index (κ2) is 14.6. The van der Waals surface area contributed by atoms with Crippen LogP contribution in [0, 0.1) is 0 Å². The summed E-state index contributed by atoms with van der Waals surface area (Å²) in [6.45, 7) is 7.57. The second-order valence-electron chi connectivity index (χ2n) is 12.5. The van der Waals surface area contributed by atoms with Gasteiger partial charge in [-0.05, 0) is 65.8 Å². The van der Waals surface area contributed by atoms with Crippen LogP contribution in [0.4, 0.5) is 38.5 Å². The van der Waals surface area contributed by atoms with Crippen LogP contribution in [0.15, 0.2) is 60.9 Å². The first-order valence-electron chi connectivity index (χ1n) is 14.5. The molecule has 0 aliphatic rings. The van der Waals surface area contributed by atoms with Gasteiger partial charge >= 0.3 is 12.2 Å². The molecule has 0 bridgehead atoms. The van der Waals surface area contributed by atoms with Gasteiger partial charge in [-0.2, -0.15) is 17.6 Å². The van der Waals surface area contributed by atoms with Crippen molar-refractivity contribution in [1.29, 1.82) is 0 Å². The van der Waals surface area contributed by atoms with Crippen molar-refractivity contribution in [1.82, 2.24) is 20.6 Å². The molecule has 4 amide bonds. The monoisotopic (exact) mass is 676 g/mol. The van der Waals surface area contributed by atoms with E-state index in [1.165, 1.54) is 24.3 Å². The Balaban J connectivity index is 1.58. The minimum absolute atomic E-state index is 0.141. The zero-order chi connectivity index (χ0) is 35.9. The third kappa shape index (κ3) is 11.5. The van der Waals surface area contributed by atoms with Gasteiger partial charge in [-0.3, -0.25) is 9.59 Å². The highest BCUT2D eigenvalue weighted by Gasteiger charge is 2.34. The van der Waals surface area contributed by atoms with Crippen LogP contribution in [0.2, 0.25) is 0 Å². The Kier molecular flexibility index (Phi) is 11.3. The minimum atomic E-state index is -3.44. The topological polar surface area (TPSA) is 161 Å². The number of aromatic nitrogens is 2. The van der Waals surface area contributed by atoms with Crippen LogP contribution in [0.1, 0.15) is 73.6 Å². The number of rotatable bonds is 10. The summed E-state index contributed by atoms with van der Waals surface area (Å²) in [4.78, 5) is 56.7. The Morgan fingerprint density at radius 2 is 0.938 bits per heavy atom. The minimum Gasteiger partial charge on any atom is -0.444 e. The van der Waals surface area contributed by atoms with Gasteiger partial charge in [-0.15, -0.1) is 0 Å². The molecular formula is C32H36F4N6O6. The van der Waals surface area contributed by atoms with E-state index in [1.54, 1.807) is 41.5 Å². The molecule has 0 atom stereocenters. The molecule has 3 rings (SSSR count). The summed E-state index contributed by atoms with van der Waals surface area (Å²) in [5.74, 6) is -8.42. The van der Waals surface area contributed by atoms with Gasteiger partial charge in [-0.25, -0.2) is 19.6 Å². The zero-order valence-corrected chi connectivity index (χ0v) is 27.0. The van der Waals surface area contributed by atoms with E-state index in [9.17, 15) is 36.7 Å². The fourth-order valence-corrected chi connectivity index (χ4v) is 3.79. The van der Waals surface area contributed by atoms with E-state index in [0.29, 0.717) is 0 Å². The van der Waals surface area contributed by atoms with E-state index in [-0.39, 0.29) is 22.8 Å². The summed E-state index contributed by atoms with van der Waals surface area (Å²) in [7, 11) is 0. The van der Waals surface area contributed by atoms with Crippen molar-refractivity contribution in [2.24, 2.45) is 0 Å². The molecule has 48 heavy (non-hydrogen) atoms. The molecule has 0 saturated carbocycles. The van der Waals surface area contributed by atoms with Crippen LogP contribution in [0.25, 0.3) is 0 Å². The van der Waals surface area contributed by atoms with Crippen molar-refractivity contribution in [3.05, 3.63) is 83.4 Å². The van der Waals surface area contributed by atoms with Gasteiger partial charge in [0.15, 0.2) is 0 Å². The van der Waals surface area contributed by atoms with E-state index in [1.807, 2.05) is 10.6 Å². The average Bonchev–Trinajstić information content (AvgIpc) is 2.98. The first-order chi connectivity index (χ1) is 22.1. The van der Waals surface area contributed by atoms with Crippen LogP contribution in [0.3, 0.4) is 0 Å². The lowest BCUT2D eigenvalue weighted by molar-refractivity contribution is -0.00917. The summed E-state index contributed by atoms with van der Waals surface area (Å²) in [6.07, 6.45) is -1.02. The summed E-state index contributed by atoms with van der Waals surface area (Å²) in [6, 6.07) is 10.3. The molecule has 258 valence electrons. The average molecular weight is 677 g/mol. The molecule has 2 aromatic carbocycles. The highest BCUT2D eigenvalue weighted by Crippen LogP contribution is 2.29. The van der Waals surface area contributed by atoms with Crippen LogP contribution < -0.4 is 21.3 Å². The molecule has 12 nitrogen and oxygen atoms in total. The Morgan fingerprint density at radius 1 is 0.604 bits per heavy atom. The number of alkyl halides is 4. The summed E-state index contributed by atoms with van der Waals surface area (Å²) < 4.78 is 68.3. The van der Waals surface area contributed by atoms with Crippen molar-refractivity contribution >= 4 is 35.4 Å². The van der Waals surface area contributed by atoms with Crippen molar-refractivity contribution in [2.45, 2.75) is 64.6 Å². The third-order valence-corrected chi connectivity index (χ3v) is 5.97. The SMILES string of the molecule is CC(C)(C)OC(=O)NCC(F)(F)c1ccc(NC(=O)c2cc(C(=O)Nc3ccc(C(F)(F)CNC(=O)OC(C)(C)C)cc3)ncn2)cc1. The number of anilines is 2. The van der Waals surface area contributed by atoms with Gasteiger partial charge < -0.3 is 30.7 Å². The first kappa shape index (κ1) is 37.2. The number of benzene rings is 2.